The molecular formula is C27H29N7O. The molecule has 1 amide bonds. The number of likely N-dealkylation sites (tertiary alicyclic amines) is 1. The van der Waals surface area contributed by atoms with Crippen LogP contribution in [-0.2, 0) is 17.8 Å². The first-order valence-electron chi connectivity index (χ1n) is 12.7. The number of amides is 1. The SMILES string of the molecule is N#Cc1c2c(c(N3CCC(C#N)CC3)n3c1nc1ccccc13)CN(C(=O)CN1CCCC1)CC2. The Bertz CT molecular complexity index is 1380. The second-order valence-corrected chi connectivity index (χ2v) is 9.97. The number of fused-ring (bicyclic) bond motifs is 4. The highest BCUT2D eigenvalue weighted by molar-refractivity contribution is 5.87. The summed E-state index contributed by atoms with van der Waals surface area (Å²) in [5.74, 6) is 1.28. The highest BCUT2D eigenvalue weighted by Crippen LogP contribution is 2.38. The fourth-order valence-electron chi connectivity index (χ4n) is 6.04. The minimum Gasteiger partial charge on any atom is -0.357 e. The average Bonchev–Trinajstić information content (AvgIpc) is 3.55. The molecule has 2 fully saturated rings. The van der Waals surface area contributed by atoms with E-state index >= 15 is 0 Å². The zero-order valence-electron chi connectivity index (χ0n) is 19.9. The molecule has 3 aromatic rings. The molecule has 35 heavy (non-hydrogen) atoms. The summed E-state index contributed by atoms with van der Waals surface area (Å²) in [6, 6.07) is 12.9. The van der Waals surface area contributed by atoms with Crippen molar-refractivity contribution in [3.8, 4) is 12.1 Å². The summed E-state index contributed by atoms with van der Waals surface area (Å²) >= 11 is 0. The van der Waals surface area contributed by atoms with Crippen LogP contribution in [0.4, 0.5) is 5.82 Å². The van der Waals surface area contributed by atoms with Gasteiger partial charge in [0.1, 0.15) is 11.9 Å². The quantitative estimate of drug-likeness (QED) is 0.588. The van der Waals surface area contributed by atoms with Gasteiger partial charge in [-0.05, 0) is 62.9 Å². The molecule has 8 nitrogen and oxygen atoms in total. The predicted molar refractivity (Wildman–Crippen MR) is 133 cm³/mol. The van der Waals surface area contributed by atoms with Crippen LogP contribution < -0.4 is 4.90 Å². The fraction of sp³-hybridized carbons (Fsp3) is 0.481. The number of piperidine rings is 1. The molecule has 178 valence electrons. The summed E-state index contributed by atoms with van der Waals surface area (Å²) in [5.41, 5.74) is 5.24. The Labute approximate surface area is 204 Å². The zero-order chi connectivity index (χ0) is 23.9. The van der Waals surface area contributed by atoms with E-state index in [1.54, 1.807) is 0 Å². The van der Waals surface area contributed by atoms with Gasteiger partial charge in [-0.2, -0.15) is 10.5 Å². The first-order chi connectivity index (χ1) is 17.2. The molecule has 0 saturated carbocycles. The summed E-state index contributed by atoms with van der Waals surface area (Å²) in [5, 5.41) is 19.6. The summed E-state index contributed by atoms with van der Waals surface area (Å²) in [6.45, 7) is 5.15. The van der Waals surface area contributed by atoms with Crippen molar-refractivity contribution in [2.45, 2.75) is 38.6 Å². The molecule has 0 atom stereocenters. The Hall–Kier alpha value is -3.62. The van der Waals surface area contributed by atoms with E-state index in [4.69, 9.17) is 4.98 Å². The molecule has 0 radical (unpaired) electrons. The second-order valence-electron chi connectivity index (χ2n) is 9.97. The van der Waals surface area contributed by atoms with Crippen molar-refractivity contribution in [2.24, 2.45) is 5.92 Å². The second kappa shape index (κ2) is 8.87. The van der Waals surface area contributed by atoms with Gasteiger partial charge in [0.15, 0.2) is 5.65 Å². The van der Waals surface area contributed by atoms with Crippen LogP contribution in [-0.4, -0.2) is 64.4 Å². The lowest BCUT2D eigenvalue weighted by Crippen LogP contribution is -2.43. The largest absolute Gasteiger partial charge is 0.357 e. The number of rotatable bonds is 3. The highest BCUT2D eigenvalue weighted by atomic mass is 16.2. The Morgan fingerprint density at radius 2 is 1.80 bits per heavy atom. The Balaban J connectivity index is 1.49. The maximum Gasteiger partial charge on any atom is 0.237 e. The maximum absolute atomic E-state index is 13.3. The summed E-state index contributed by atoms with van der Waals surface area (Å²) in [4.78, 5) is 24.7. The minimum atomic E-state index is 0.0778. The fourth-order valence-corrected chi connectivity index (χ4v) is 6.04. The number of nitriles is 2. The van der Waals surface area contributed by atoms with Crippen LogP contribution in [0, 0.1) is 28.6 Å². The molecular weight excluding hydrogens is 438 g/mol. The number of nitrogens with zero attached hydrogens (tertiary/aromatic N) is 7. The van der Waals surface area contributed by atoms with Gasteiger partial charge in [-0.3, -0.25) is 14.1 Å². The number of hydrogen-bond acceptors (Lipinski definition) is 6. The number of anilines is 1. The van der Waals surface area contributed by atoms with E-state index in [1.165, 1.54) is 0 Å². The molecule has 5 heterocycles. The lowest BCUT2D eigenvalue weighted by molar-refractivity contribution is -0.133. The number of aromatic nitrogens is 2. The summed E-state index contributed by atoms with van der Waals surface area (Å²) in [6.07, 6.45) is 4.62. The van der Waals surface area contributed by atoms with Crippen molar-refractivity contribution in [1.82, 2.24) is 19.2 Å². The van der Waals surface area contributed by atoms with Gasteiger partial charge in [0, 0.05) is 37.7 Å². The van der Waals surface area contributed by atoms with E-state index in [0.29, 0.717) is 37.3 Å². The number of benzene rings is 1. The van der Waals surface area contributed by atoms with Crippen molar-refractivity contribution in [2.75, 3.05) is 44.2 Å². The van der Waals surface area contributed by atoms with Gasteiger partial charge in [-0.25, -0.2) is 4.98 Å². The molecule has 6 rings (SSSR count). The average molecular weight is 468 g/mol. The number of hydrogen-bond donors (Lipinski definition) is 0. The molecule has 0 bridgehead atoms. The van der Waals surface area contributed by atoms with Gasteiger partial charge in [0.2, 0.25) is 5.91 Å². The third-order valence-corrected chi connectivity index (χ3v) is 7.91. The van der Waals surface area contributed by atoms with Crippen molar-refractivity contribution in [3.05, 3.63) is 41.0 Å². The summed E-state index contributed by atoms with van der Waals surface area (Å²) < 4.78 is 2.13. The van der Waals surface area contributed by atoms with Crippen molar-refractivity contribution in [1.29, 1.82) is 10.5 Å². The van der Waals surface area contributed by atoms with Gasteiger partial charge in [0.05, 0.1) is 29.2 Å². The molecule has 3 aliphatic heterocycles. The van der Waals surface area contributed by atoms with E-state index in [1.807, 2.05) is 29.2 Å². The maximum atomic E-state index is 13.3. The van der Waals surface area contributed by atoms with Crippen LogP contribution in [0.25, 0.3) is 16.7 Å². The lowest BCUT2D eigenvalue weighted by atomic mass is 9.93. The molecule has 1 aromatic carbocycles. The molecule has 2 aromatic heterocycles. The lowest BCUT2D eigenvalue weighted by Gasteiger charge is -2.37. The van der Waals surface area contributed by atoms with E-state index in [9.17, 15) is 15.3 Å². The van der Waals surface area contributed by atoms with E-state index in [0.717, 1.165) is 79.8 Å². The highest BCUT2D eigenvalue weighted by Gasteiger charge is 2.33. The standard InChI is InChI=1S/C27H29N7O/c28-15-19-7-12-32(13-8-19)27-22-17-33(25(35)18-31-10-3-4-11-31)14-9-20(22)21(16-29)26-30-23-5-1-2-6-24(23)34(26)27/h1-2,5-6,19H,3-4,7-14,17-18H2. The molecule has 0 unspecified atom stereocenters. The van der Waals surface area contributed by atoms with Crippen LogP contribution in [0.5, 0.6) is 0 Å². The van der Waals surface area contributed by atoms with Gasteiger partial charge in [-0.15, -0.1) is 0 Å². The van der Waals surface area contributed by atoms with E-state index in [2.05, 4.69) is 26.3 Å². The predicted octanol–water partition coefficient (Wildman–Crippen LogP) is 3.08. The molecule has 0 spiro atoms. The van der Waals surface area contributed by atoms with Crippen molar-refractivity contribution >= 4 is 28.4 Å². The Morgan fingerprint density at radius 1 is 1.03 bits per heavy atom. The first-order valence-corrected chi connectivity index (χ1v) is 12.7. The van der Waals surface area contributed by atoms with Gasteiger partial charge >= 0.3 is 0 Å². The number of pyridine rings is 1. The molecule has 2 saturated heterocycles. The minimum absolute atomic E-state index is 0.0778. The molecule has 3 aliphatic rings. The van der Waals surface area contributed by atoms with Gasteiger partial charge in [-0.1, -0.05) is 12.1 Å². The number of carbonyl (C=O) groups is 1. The number of imidazole rings is 1. The smallest absolute Gasteiger partial charge is 0.237 e. The van der Waals surface area contributed by atoms with E-state index < -0.39 is 0 Å². The normalized spacial score (nSPS) is 19.1. The van der Waals surface area contributed by atoms with Crippen molar-refractivity contribution < 1.29 is 4.79 Å². The first kappa shape index (κ1) is 21.9. The third-order valence-electron chi connectivity index (χ3n) is 7.91. The van der Waals surface area contributed by atoms with Crippen LogP contribution in [0.15, 0.2) is 24.3 Å². The summed E-state index contributed by atoms with van der Waals surface area (Å²) in [7, 11) is 0. The van der Waals surface area contributed by atoms with Gasteiger partial charge < -0.3 is 9.80 Å². The molecule has 0 N–H and O–H groups in total. The molecule has 8 heteroatoms. The van der Waals surface area contributed by atoms with E-state index in [-0.39, 0.29) is 11.8 Å². The van der Waals surface area contributed by atoms with Crippen LogP contribution in [0.2, 0.25) is 0 Å². The van der Waals surface area contributed by atoms with Gasteiger partial charge in [0.25, 0.3) is 0 Å². The zero-order valence-corrected chi connectivity index (χ0v) is 19.9. The molecule has 0 aliphatic carbocycles. The number of para-hydroxylation sites is 2. The van der Waals surface area contributed by atoms with Crippen molar-refractivity contribution in [3.63, 3.8) is 0 Å². The van der Waals surface area contributed by atoms with Crippen LogP contribution in [0.3, 0.4) is 0 Å². The number of carbonyl (C=O) groups excluding carboxylic acids is 1. The Kier molecular flexibility index (Phi) is 5.54. The Morgan fingerprint density at radius 3 is 2.54 bits per heavy atom. The van der Waals surface area contributed by atoms with Crippen LogP contribution >= 0.6 is 0 Å². The monoisotopic (exact) mass is 467 g/mol. The van der Waals surface area contributed by atoms with Crippen LogP contribution in [0.1, 0.15) is 42.4 Å². The third kappa shape index (κ3) is 3.69. The topological polar surface area (TPSA) is 91.7 Å².